The molecule has 0 radical (unpaired) electrons. The molecule has 1 aliphatic rings. The highest BCUT2D eigenvalue weighted by atomic mass is 19.4. The van der Waals surface area contributed by atoms with E-state index < -0.39 is 23.1 Å². The van der Waals surface area contributed by atoms with Crippen molar-refractivity contribution in [2.24, 2.45) is 0 Å². The van der Waals surface area contributed by atoms with E-state index in [0.717, 1.165) is 25.0 Å². The zero-order valence-corrected chi connectivity index (χ0v) is 10.5. The van der Waals surface area contributed by atoms with Crippen LogP contribution in [0.2, 0.25) is 0 Å². The summed E-state index contributed by atoms with van der Waals surface area (Å²) in [6.07, 6.45) is -1.81. The number of aryl methyl sites for hydroxylation is 1. The first-order valence-electron chi connectivity index (χ1n) is 6.19. The molecule has 1 aliphatic carbocycles. The fraction of sp³-hybridized carbons (Fsp3) is 0.500. The molecule has 0 spiro atoms. The molecule has 19 heavy (non-hydrogen) atoms. The van der Waals surface area contributed by atoms with Gasteiger partial charge in [0.25, 0.3) is 0 Å². The SMILES string of the molecule is Cc1cc(C(F)(F)F)ccc1C1(C(=O)O)CCCC1. The molecule has 0 saturated heterocycles. The topological polar surface area (TPSA) is 37.3 Å². The Labute approximate surface area is 109 Å². The summed E-state index contributed by atoms with van der Waals surface area (Å²) in [5, 5.41) is 9.45. The molecule has 2 rings (SSSR count). The maximum absolute atomic E-state index is 12.6. The van der Waals surface area contributed by atoms with Crippen LogP contribution in [0.15, 0.2) is 18.2 Å². The van der Waals surface area contributed by atoms with Crippen molar-refractivity contribution in [3.63, 3.8) is 0 Å². The van der Waals surface area contributed by atoms with Crippen molar-refractivity contribution in [3.05, 3.63) is 34.9 Å². The molecule has 1 aromatic carbocycles. The van der Waals surface area contributed by atoms with Gasteiger partial charge in [0.15, 0.2) is 0 Å². The van der Waals surface area contributed by atoms with E-state index in [-0.39, 0.29) is 0 Å². The molecule has 2 nitrogen and oxygen atoms in total. The molecule has 0 heterocycles. The van der Waals surface area contributed by atoms with Gasteiger partial charge in [-0.3, -0.25) is 4.79 Å². The van der Waals surface area contributed by atoms with Crippen LogP contribution in [0, 0.1) is 6.92 Å². The minimum Gasteiger partial charge on any atom is -0.481 e. The lowest BCUT2D eigenvalue weighted by Crippen LogP contribution is -2.33. The lowest BCUT2D eigenvalue weighted by Gasteiger charge is -2.26. The first kappa shape index (κ1) is 13.9. The van der Waals surface area contributed by atoms with Crippen LogP contribution in [0.5, 0.6) is 0 Å². The number of carbonyl (C=O) groups is 1. The van der Waals surface area contributed by atoms with Gasteiger partial charge in [-0.25, -0.2) is 0 Å². The maximum atomic E-state index is 12.6. The highest BCUT2D eigenvalue weighted by Crippen LogP contribution is 2.43. The number of hydrogen-bond acceptors (Lipinski definition) is 1. The molecular formula is C14H15F3O2. The van der Waals surface area contributed by atoms with Gasteiger partial charge in [0, 0.05) is 0 Å². The zero-order valence-electron chi connectivity index (χ0n) is 10.5. The van der Waals surface area contributed by atoms with Crippen molar-refractivity contribution >= 4 is 5.97 Å². The van der Waals surface area contributed by atoms with Crippen molar-refractivity contribution in [1.29, 1.82) is 0 Å². The minimum atomic E-state index is -4.39. The van der Waals surface area contributed by atoms with Crippen molar-refractivity contribution in [3.8, 4) is 0 Å². The van der Waals surface area contributed by atoms with E-state index in [0.29, 0.717) is 24.0 Å². The summed E-state index contributed by atoms with van der Waals surface area (Å²) in [5.74, 6) is -0.937. The summed E-state index contributed by atoms with van der Waals surface area (Å²) in [7, 11) is 0. The molecule has 104 valence electrons. The first-order chi connectivity index (χ1) is 8.77. The Balaban J connectivity index is 2.49. The summed E-state index contributed by atoms with van der Waals surface area (Å²) in [6.45, 7) is 1.55. The predicted octanol–water partition coefficient (Wildman–Crippen LogP) is 3.91. The average molecular weight is 272 g/mol. The Morgan fingerprint density at radius 2 is 1.84 bits per heavy atom. The van der Waals surface area contributed by atoms with Crippen LogP contribution in [0.3, 0.4) is 0 Å². The van der Waals surface area contributed by atoms with E-state index in [2.05, 4.69) is 0 Å². The molecule has 0 amide bonds. The maximum Gasteiger partial charge on any atom is 0.416 e. The number of benzene rings is 1. The largest absolute Gasteiger partial charge is 0.481 e. The molecular weight excluding hydrogens is 257 g/mol. The van der Waals surface area contributed by atoms with Gasteiger partial charge in [-0.1, -0.05) is 18.9 Å². The summed E-state index contributed by atoms with van der Waals surface area (Å²) in [4.78, 5) is 11.5. The van der Waals surface area contributed by atoms with Crippen molar-refractivity contribution in [1.82, 2.24) is 0 Å². The Kier molecular flexibility index (Phi) is 3.32. The molecule has 0 atom stereocenters. The van der Waals surface area contributed by atoms with Gasteiger partial charge in [0.05, 0.1) is 11.0 Å². The molecule has 0 unspecified atom stereocenters. The second-order valence-electron chi connectivity index (χ2n) is 5.12. The minimum absolute atomic E-state index is 0.402. The molecule has 0 aromatic heterocycles. The lowest BCUT2D eigenvalue weighted by atomic mass is 9.76. The highest BCUT2D eigenvalue weighted by molar-refractivity contribution is 5.82. The number of rotatable bonds is 2. The fourth-order valence-electron chi connectivity index (χ4n) is 2.95. The summed E-state index contributed by atoms with van der Waals surface area (Å²) < 4.78 is 37.8. The molecule has 0 aliphatic heterocycles. The van der Waals surface area contributed by atoms with Crippen molar-refractivity contribution in [2.45, 2.75) is 44.2 Å². The third-order valence-corrected chi connectivity index (χ3v) is 3.94. The third-order valence-electron chi connectivity index (χ3n) is 3.94. The van der Waals surface area contributed by atoms with Crippen LogP contribution < -0.4 is 0 Å². The molecule has 1 N–H and O–H groups in total. The molecule has 1 aromatic rings. The quantitative estimate of drug-likeness (QED) is 0.886. The summed E-state index contributed by atoms with van der Waals surface area (Å²) >= 11 is 0. The van der Waals surface area contributed by atoms with E-state index in [1.165, 1.54) is 6.07 Å². The van der Waals surface area contributed by atoms with E-state index in [1.807, 2.05) is 0 Å². The van der Waals surface area contributed by atoms with Gasteiger partial charge in [-0.15, -0.1) is 0 Å². The second kappa shape index (κ2) is 4.54. The molecule has 0 bridgehead atoms. The van der Waals surface area contributed by atoms with E-state index in [4.69, 9.17) is 0 Å². The average Bonchev–Trinajstić information content (AvgIpc) is 2.77. The Bertz CT molecular complexity index is 500. The Morgan fingerprint density at radius 3 is 2.26 bits per heavy atom. The number of aliphatic carboxylic acids is 1. The van der Waals surface area contributed by atoms with Crippen LogP contribution in [0.1, 0.15) is 42.4 Å². The van der Waals surface area contributed by atoms with Gasteiger partial charge in [-0.2, -0.15) is 13.2 Å². The monoisotopic (exact) mass is 272 g/mol. The Morgan fingerprint density at radius 1 is 1.26 bits per heavy atom. The number of alkyl halides is 3. The number of carboxylic acids is 1. The van der Waals surface area contributed by atoms with E-state index >= 15 is 0 Å². The van der Waals surface area contributed by atoms with Crippen LogP contribution in [0.4, 0.5) is 13.2 Å². The van der Waals surface area contributed by atoms with Gasteiger partial charge in [-0.05, 0) is 43.0 Å². The summed E-state index contributed by atoms with van der Waals surface area (Å²) in [5.41, 5.74) is -0.814. The number of halogens is 3. The normalized spacial score (nSPS) is 18.5. The first-order valence-corrected chi connectivity index (χ1v) is 6.19. The van der Waals surface area contributed by atoms with Crippen LogP contribution in [0.25, 0.3) is 0 Å². The van der Waals surface area contributed by atoms with Crippen molar-refractivity contribution < 1.29 is 23.1 Å². The third kappa shape index (κ3) is 2.33. The van der Waals surface area contributed by atoms with Gasteiger partial charge < -0.3 is 5.11 Å². The van der Waals surface area contributed by atoms with Crippen LogP contribution in [-0.2, 0) is 16.4 Å². The van der Waals surface area contributed by atoms with E-state index in [1.54, 1.807) is 6.92 Å². The smallest absolute Gasteiger partial charge is 0.416 e. The van der Waals surface area contributed by atoms with Gasteiger partial charge in [0.1, 0.15) is 0 Å². The second-order valence-corrected chi connectivity index (χ2v) is 5.12. The van der Waals surface area contributed by atoms with Crippen molar-refractivity contribution in [2.75, 3.05) is 0 Å². The van der Waals surface area contributed by atoms with E-state index in [9.17, 15) is 23.1 Å². The predicted molar refractivity (Wildman–Crippen MR) is 64.0 cm³/mol. The fourth-order valence-corrected chi connectivity index (χ4v) is 2.95. The Hall–Kier alpha value is -1.52. The number of hydrogen-bond donors (Lipinski definition) is 1. The standard InChI is InChI=1S/C14H15F3O2/c1-9-8-10(14(15,16)17)4-5-11(9)13(12(18)19)6-2-3-7-13/h4-5,8H,2-3,6-7H2,1H3,(H,18,19). The summed E-state index contributed by atoms with van der Waals surface area (Å²) in [6, 6.07) is 3.35. The highest BCUT2D eigenvalue weighted by Gasteiger charge is 2.44. The zero-order chi connectivity index (χ0) is 14.3. The molecule has 5 heteroatoms. The molecule has 1 saturated carbocycles. The van der Waals surface area contributed by atoms with Gasteiger partial charge >= 0.3 is 12.1 Å². The van der Waals surface area contributed by atoms with Gasteiger partial charge in [0.2, 0.25) is 0 Å². The van der Waals surface area contributed by atoms with Crippen LogP contribution >= 0.6 is 0 Å². The van der Waals surface area contributed by atoms with Crippen LogP contribution in [-0.4, -0.2) is 11.1 Å². The number of carboxylic acid groups (broad SMARTS) is 1. The molecule has 1 fully saturated rings. The lowest BCUT2D eigenvalue weighted by molar-refractivity contribution is -0.143.